The van der Waals surface area contributed by atoms with Crippen LogP contribution in [-0.4, -0.2) is 22.4 Å². The van der Waals surface area contributed by atoms with Gasteiger partial charge >= 0.3 is 0 Å². The van der Waals surface area contributed by atoms with Gasteiger partial charge in [-0.3, -0.25) is 4.79 Å². The number of rotatable bonds is 5. The van der Waals surface area contributed by atoms with Crippen LogP contribution in [0.2, 0.25) is 0 Å². The van der Waals surface area contributed by atoms with Gasteiger partial charge in [-0.25, -0.2) is 9.97 Å². The summed E-state index contributed by atoms with van der Waals surface area (Å²) in [6, 6.07) is 8.13. The fourth-order valence-corrected chi connectivity index (χ4v) is 3.45. The second kappa shape index (κ2) is 6.97. The highest BCUT2D eigenvalue weighted by Gasteiger charge is 2.12. The molecule has 2 heterocycles. The molecule has 2 aromatic heterocycles. The third kappa shape index (κ3) is 3.54. The molecule has 0 saturated carbocycles. The van der Waals surface area contributed by atoms with Crippen LogP contribution in [0, 0.1) is 20.8 Å². The summed E-state index contributed by atoms with van der Waals surface area (Å²) in [6.45, 7) is 6.88. The molecule has 6 heteroatoms. The largest absolute Gasteiger partial charge is 0.360 e. The number of carbonyl (C=O) groups is 1. The van der Waals surface area contributed by atoms with Crippen LogP contribution in [-0.2, 0) is 11.3 Å². The van der Waals surface area contributed by atoms with Gasteiger partial charge in [0.25, 0.3) is 0 Å². The Morgan fingerprint density at radius 2 is 1.88 bits per heavy atom. The van der Waals surface area contributed by atoms with Crippen molar-refractivity contribution in [2.24, 2.45) is 0 Å². The highest BCUT2D eigenvalue weighted by Crippen LogP contribution is 2.32. The standard InChI is InChI=1S/C18H20N4OS/c1-11-4-6-14(7-5-11)8-19-15(23)9-20-17-16-12(2)13(3)24-18(16)22-10-21-17/h4-7,10H,8-9H2,1-3H3,(H,19,23)(H,20,21,22). The zero-order valence-electron chi connectivity index (χ0n) is 14.0. The average molecular weight is 340 g/mol. The number of benzene rings is 1. The number of nitrogens with one attached hydrogen (secondary N) is 2. The lowest BCUT2D eigenvalue weighted by Crippen LogP contribution is -2.29. The summed E-state index contributed by atoms with van der Waals surface area (Å²) >= 11 is 1.64. The van der Waals surface area contributed by atoms with Crippen molar-refractivity contribution in [2.45, 2.75) is 27.3 Å². The van der Waals surface area contributed by atoms with E-state index < -0.39 is 0 Å². The summed E-state index contributed by atoms with van der Waals surface area (Å²) in [6.07, 6.45) is 1.53. The first-order valence-corrected chi connectivity index (χ1v) is 8.63. The number of amides is 1. The van der Waals surface area contributed by atoms with Crippen LogP contribution < -0.4 is 10.6 Å². The van der Waals surface area contributed by atoms with E-state index in [0.717, 1.165) is 21.3 Å². The lowest BCUT2D eigenvalue weighted by molar-refractivity contribution is -0.119. The number of fused-ring (bicyclic) bond motifs is 1. The Balaban J connectivity index is 1.61. The molecule has 124 valence electrons. The number of carbonyl (C=O) groups excluding carboxylic acids is 1. The summed E-state index contributed by atoms with van der Waals surface area (Å²) in [5, 5.41) is 7.05. The second-order valence-corrected chi connectivity index (χ2v) is 7.00. The van der Waals surface area contributed by atoms with E-state index in [1.54, 1.807) is 11.3 Å². The first-order valence-electron chi connectivity index (χ1n) is 7.81. The minimum atomic E-state index is -0.0630. The SMILES string of the molecule is Cc1ccc(CNC(=O)CNc2ncnc3sc(C)c(C)c23)cc1. The van der Waals surface area contributed by atoms with Crippen LogP contribution in [0.15, 0.2) is 30.6 Å². The van der Waals surface area contributed by atoms with Gasteiger partial charge in [-0.1, -0.05) is 29.8 Å². The molecule has 0 radical (unpaired) electrons. The molecule has 0 atom stereocenters. The Labute approximate surface area is 145 Å². The van der Waals surface area contributed by atoms with Crippen LogP contribution in [0.3, 0.4) is 0 Å². The summed E-state index contributed by atoms with van der Waals surface area (Å²) < 4.78 is 0. The third-order valence-corrected chi connectivity index (χ3v) is 5.11. The van der Waals surface area contributed by atoms with E-state index in [-0.39, 0.29) is 12.5 Å². The quantitative estimate of drug-likeness (QED) is 0.747. The molecule has 0 bridgehead atoms. The normalized spacial score (nSPS) is 10.8. The molecule has 0 aliphatic rings. The molecule has 0 saturated heterocycles. The fraction of sp³-hybridized carbons (Fsp3) is 0.278. The Hall–Kier alpha value is -2.47. The molecular weight excluding hydrogens is 320 g/mol. The fourth-order valence-electron chi connectivity index (χ4n) is 2.45. The molecule has 3 aromatic rings. The number of hydrogen-bond acceptors (Lipinski definition) is 5. The van der Waals surface area contributed by atoms with Crippen molar-refractivity contribution in [2.75, 3.05) is 11.9 Å². The van der Waals surface area contributed by atoms with E-state index in [4.69, 9.17) is 0 Å². The van der Waals surface area contributed by atoms with E-state index in [0.29, 0.717) is 12.4 Å². The van der Waals surface area contributed by atoms with Gasteiger partial charge in [-0.2, -0.15) is 0 Å². The Kier molecular flexibility index (Phi) is 4.76. The van der Waals surface area contributed by atoms with Gasteiger partial charge < -0.3 is 10.6 Å². The highest BCUT2D eigenvalue weighted by atomic mass is 32.1. The van der Waals surface area contributed by atoms with Crippen molar-refractivity contribution in [3.8, 4) is 0 Å². The molecule has 2 N–H and O–H groups in total. The molecule has 0 spiro atoms. The first kappa shape index (κ1) is 16.4. The van der Waals surface area contributed by atoms with Crippen molar-refractivity contribution in [1.82, 2.24) is 15.3 Å². The van der Waals surface area contributed by atoms with Gasteiger partial charge in [0.05, 0.1) is 11.9 Å². The molecule has 0 aliphatic carbocycles. The summed E-state index contributed by atoms with van der Waals surface area (Å²) in [5.41, 5.74) is 3.46. The van der Waals surface area contributed by atoms with Crippen LogP contribution in [0.1, 0.15) is 21.6 Å². The van der Waals surface area contributed by atoms with Gasteiger partial charge in [0.1, 0.15) is 17.0 Å². The zero-order valence-corrected chi connectivity index (χ0v) is 14.8. The van der Waals surface area contributed by atoms with E-state index in [9.17, 15) is 4.79 Å². The maximum atomic E-state index is 12.1. The first-order chi connectivity index (χ1) is 11.5. The van der Waals surface area contributed by atoms with Crippen molar-refractivity contribution in [3.05, 3.63) is 52.2 Å². The van der Waals surface area contributed by atoms with Gasteiger partial charge in [0.15, 0.2) is 0 Å². The predicted octanol–water partition coefficient (Wildman–Crippen LogP) is 3.34. The Bertz CT molecular complexity index is 871. The average Bonchev–Trinajstić information content (AvgIpc) is 2.87. The Morgan fingerprint density at radius 3 is 2.62 bits per heavy atom. The summed E-state index contributed by atoms with van der Waals surface area (Å²) in [4.78, 5) is 22.8. The minimum absolute atomic E-state index is 0.0630. The molecule has 24 heavy (non-hydrogen) atoms. The maximum Gasteiger partial charge on any atom is 0.239 e. The number of hydrogen-bond donors (Lipinski definition) is 2. The van der Waals surface area contributed by atoms with Crippen LogP contribution in [0.5, 0.6) is 0 Å². The summed E-state index contributed by atoms with van der Waals surface area (Å²) in [5.74, 6) is 0.652. The second-order valence-electron chi connectivity index (χ2n) is 5.80. The van der Waals surface area contributed by atoms with Crippen LogP contribution in [0.25, 0.3) is 10.2 Å². The lowest BCUT2D eigenvalue weighted by atomic mass is 10.1. The molecule has 0 fully saturated rings. The molecule has 0 unspecified atom stereocenters. The molecule has 0 aliphatic heterocycles. The summed E-state index contributed by atoms with van der Waals surface area (Å²) in [7, 11) is 0. The van der Waals surface area contributed by atoms with E-state index in [1.807, 2.05) is 31.2 Å². The monoisotopic (exact) mass is 340 g/mol. The van der Waals surface area contributed by atoms with Gasteiger partial charge in [0.2, 0.25) is 5.91 Å². The predicted molar refractivity (Wildman–Crippen MR) is 98.4 cm³/mol. The number of aromatic nitrogens is 2. The van der Waals surface area contributed by atoms with Crippen molar-refractivity contribution >= 4 is 33.3 Å². The van der Waals surface area contributed by atoms with E-state index in [2.05, 4.69) is 34.4 Å². The topological polar surface area (TPSA) is 66.9 Å². The van der Waals surface area contributed by atoms with Crippen molar-refractivity contribution in [3.63, 3.8) is 0 Å². The van der Waals surface area contributed by atoms with Gasteiger partial charge in [-0.15, -0.1) is 11.3 Å². The Morgan fingerprint density at radius 1 is 1.12 bits per heavy atom. The van der Waals surface area contributed by atoms with Crippen LogP contribution in [0.4, 0.5) is 5.82 Å². The van der Waals surface area contributed by atoms with Gasteiger partial charge in [0, 0.05) is 11.4 Å². The van der Waals surface area contributed by atoms with Crippen molar-refractivity contribution in [1.29, 1.82) is 0 Å². The highest BCUT2D eigenvalue weighted by molar-refractivity contribution is 7.18. The maximum absolute atomic E-state index is 12.1. The molecule has 1 aromatic carbocycles. The number of aryl methyl sites for hydroxylation is 3. The molecule has 1 amide bonds. The molecular formula is C18H20N4OS. The number of nitrogens with zero attached hydrogens (tertiary/aromatic N) is 2. The lowest BCUT2D eigenvalue weighted by Gasteiger charge is -2.09. The molecule has 5 nitrogen and oxygen atoms in total. The zero-order chi connectivity index (χ0) is 17.1. The third-order valence-electron chi connectivity index (χ3n) is 3.99. The molecule has 3 rings (SSSR count). The van der Waals surface area contributed by atoms with Crippen molar-refractivity contribution < 1.29 is 4.79 Å². The number of anilines is 1. The van der Waals surface area contributed by atoms with E-state index >= 15 is 0 Å². The minimum Gasteiger partial charge on any atom is -0.360 e. The van der Waals surface area contributed by atoms with E-state index in [1.165, 1.54) is 16.8 Å². The smallest absolute Gasteiger partial charge is 0.239 e. The van der Waals surface area contributed by atoms with Crippen LogP contribution >= 0.6 is 11.3 Å². The number of thiophene rings is 1. The van der Waals surface area contributed by atoms with Gasteiger partial charge in [-0.05, 0) is 31.9 Å².